The van der Waals surface area contributed by atoms with Crippen molar-refractivity contribution in [3.63, 3.8) is 0 Å². The van der Waals surface area contributed by atoms with Crippen LogP contribution in [0.25, 0.3) is 0 Å². The first-order chi connectivity index (χ1) is 5.68. The van der Waals surface area contributed by atoms with E-state index in [0.29, 0.717) is 0 Å². The van der Waals surface area contributed by atoms with E-state index < -0.39 is 0 Å². The van der Waals surface area contributed by atoms with E-state index in [1.54, 1.807) is 7.05 Å². The monoisotopic (exact) mass is 227 g/mol. The van der Waals surface area contributed by atoms with Crippen LogP contribution in [-0.2, 0) is 5.21 Å². The van der Waals surface area contributed by atoms with E-state index in [1.165, 1.54) is 15.1 Å². The molecular formula is C9H14AsNO. The molecule has 1 unspecified atom stereocenters. The summed E-state index contributed by atoms with van der Waals surface area (Å²) in [6.45, 7) is 2.08. The van der Waals surface area contributed by atoms with Crippen molar-refractivity contribution in [3.05, 3.63) is 35.4 Å². The van der Waals surface area contributed by atoms with Crippen molar-refractivity contribution in [2.24, 2.45) is 0 Å². The average molecular weight is 227 g/mol. The Hall–Kier alpha value is -0.302. The number of hydrogen-bond acceptors (Lipinski definition) is 2. The van der Waals surface area contributed by atoms with Crippen LogP contribution < -0.4 is 0 Å². The van der Waals surface area contributed by atoms with Gasteiger partial charge in [0, 0.05) is 0 Å². The molecule has 0 aliphatic carbocycles. The molecule has 0 saturated heterocycles. The van der Waals surface area contributed by atoms with Gasteiger partial charge in [0.2, 0.25) is 0 Å². The van der Waals surface area contributed by atoms with E-state index in [4.69, 9.17) is 5.21 Å². The molecule has 0 heterocycles. The second kappa shape index (κ2) is 4.66. The third kappa shape index (κ3) is 3.40. The number of hydrogen-bond donors (Lipinski definition) is 1. The predicted molar refractivity (Wildman–Crippen MR) is 51.6 cm³/mol. The SMILES string of the molecule is Cc1ccc(C[AsH]N(C)O)cc1. The molecule has 0 aromatic heterocycles. The molecule has 0 amide bonds. The summed E-state index contributed by atoms with van der Waals surface area (Å²) in [7, 11) is 1.72. The Morgan fingerprint density at radius 2 is 1.92 bits per heavy atom. The van der Waals surface area contributed by atoms with E-state index in [-0.39, 0.29) is 16.0 Å². The van der Waals surface area contributed by atoms with Gasteiger partial charge in [0.1, 0.15) is 0 Å². The summed E-state index contributed by atoms with van der Waals surface area (Å²) in [4.78, 5) is 0. The summed E-state index contributed by atoms with van der Waals surface area (Å²) in [5.74, 6) is 0. The molecule has 0 saturated carbocycles. The van der Waals surface area contributed by atoms with Crippen molar-refractivity contribution >= 4 is 16.0 Å². The Bertz CT molecular complexity index is 233. The molecule has 0 aliphatic heterocycles. The van der Waals surface area contributed by atoms with E-state index >= 15 is 0 Å². The van der Waals surface area contributed by atoms with Crippen LogP contribution in [0.5, 0.6) is 0 Å². The molecule has 1 aromatic rings. The zero-order valence-electron chi connectivity index (χ0n) is 7.41. The molecule has 0 fully saturated rings. The summed E-state index contributed by atoms with van der Waals surface area (Å²) in [6, 6.07) is 8.47. The molecule has 0 radical (unpaired) electrons. The Morgan fingerprint density at radius 1 is 1.33 bits per heavy atom. The predicted octanol–water partition coefficient (Wildman–Crippen LogP) is 1.17. The zero-order valence-corrected chi connectivity index (χ0v) is 9.51. The second-order valence-electron chi connectivity index (χ2n) is 2.84. The number of hydroxylamine groups is 1. The van der Waals surface area contributed by atoms with Gasteiger partial charge in [-0.3, -0.25) is 0 Å². The molecule has 1 N–H and O–H groups in total. The van der Waals surface area contributed by atoms with Crippen molar-refractivity contribution in [1.29, 1.82) is 0 Å². The van der Waals surface area contributed by atoms with Gasteiger partial charge in [-0.25, -0.2) is 0 Å². The van der Waals surface area contributed by atoms with Gasteiger partial charge in [0.25, 0.3) is 0 Å². The minimum atomic E-state index is -0.360. The van der Waals surface area contributed by atoms with Crippen LogP contribution in [0.4, 0.5) is 0 Å². The Balaban J connectivity index is 2.48. The zero-order chi connectivity index (χ0) is 8.97. The summed E-state index contributed by atoms with van der Waals surface area (Å²) >= 11 is -0.360. The third-order valence-electron chi connectivity index (χ3n) is 1.63. The molecule has 0 aliphatic rings. The van der Waals surface area contributed by atoms with Gasteiger partial charge in [0.05, 0.1) is 0 Å². The number of nitrogens with zero attached hydrogens (tertiary/aromatic N) is 1. The summed E-state index contributed by atoms with van der Waals surface area (Å²) in [6.07, 6.45) is 0. The van der Waals surface area contributed by atoms with Crippen LogP contribution >= 0.6 is 0 Å². The number of aryl methyl sites for hydroxylation is 1. The standard InChI is InChI=1S/C9H14AsNO/c1-8-3-5-9(6-4-8)7-10-11(2)12/h3-6,10,12H,7H2,1-2H3. The molecule has 1 atom stereocenters. The van der Waals surface area contributed by atoms with Crippen molar-refractivity contribution in [2.45, 2.75) is 12.1 Å². The molecule has 12 heavy (non-hydrogen) atoms. The van der Waals surface area contributed by atoms with Crippen LogP contribution in [-0.4, -0.2) is 32.2 Å². The first kappa shape index (κ1) is 9.78. The Kier molecular flexibility index (Phi) is 3.80. The van der Waals surface area contributed by atoms with E-state index in [0.717, 1.165) is 5.21 Å². The van der Waals surface area contributed by atoms with Gasteiger partial charge in [-0.1, -0.05) is 0 Å². The van der Waals surface area contributed by atoms with Gasteiger partial charge < -0.3 is 0 Å². The van der Waals surface area contributed by atoms with E-state index in [1.807, 2.05) is 0 Å². The first-order valence-electron chi connectivity index (χ1n) is 3.90. The van der Waals surface area contributed by atoms with E-state index in [2.05, 4.69) is 31.2 Å². The van der Waals surface area contributed by atoms with Crippen molar-refractivity contribution < 1.29 is 5.21 Å². The molecular weight excluding hydrogens is 213 g/mol. The molecule has 3 heteroatoms. The maximum absolute atomic E-state index is 8.96. The van der Waals surface area contributed by atoms with E-state index in [9.17, 15) is 0 Å². The summed E-state index contributed by atoms with van der Waals surface area (Å²) in [5.41, 5.74) is 2.61. The van der Waals surface area contributed by atoms with Gasteiger partial charge in [-0.05, 0) is 0 Å². The van der Waals surface area contributed by atoms with Crippen molar-refractivity contribution in [1.82, 2.24) is 3.98 Å². The van der Waals surface area contributed by atoms with Gasteiger partial charge in [0.15, 0.2) is 0 Å². The average Bonchev–Trinajstić information content (AvgIpc) is 2.03. The van der Waals surface area contributed by atoms with Crippen LogP contribution in [0.15, 0.2) is 24.3 Å². The minimum absolute atomic E-state index is 0.360. The molecule has 66 valence electrons. The molecule has 0 spiro atoms. The normalized spacial score (nSPS) is 11.7. The first-order valence-corrected chi connectivity index (χ1v) is 6.32. The topological polar surface area (TPSA) is 23.5 Å². The quantitative estimate of drug-likeness (QED) is 0.618. The van der Waals surface area contributed by atoms with Gasteiger partial charge in [-0.15, -0.1) is 0 Å². The van der Waals surface area contributed by atoms with Crippen molar-refractivity contribution in [2.75, 3.05) is 7.05 Å². The summed E-state index contributed by atoms with van der Waals surface area (Å²) < 4.78 is 1.33. The van der Waals surface area contributed by atoms with Crippen LogP contribution in [0.3, 0.4) is 0 Å². The fourth-order valence-electron chi connectivity index (χ4n) is 0.912. The van der Waals surface area contributed by atoms with Crippen molar-refractivity contribution in [3.8, 4) is 0 Å². The fourth-order valence-corrected chi connectivity index (χ4v) is 2.27. The fraction of sp³-hybridized carbons (Fsp3) is 0.333. The molecule has 1 aromatic carbocycles. The Labute approximate surface area is 80.1 Å². The van der Waals surface area contributed by atoms with Gasteiger partial charge >= 0.3 is 79.7 Å². The number of benzene rings is 1. The summed E-state index contributed by atoms with van der Waals surface area (Å²) in [5, 5.41) is 9.98. The third-order valence-corrected chi connectivity index (χ3v) is 3.78. The second-order valence-corrected chi connectivity index (χ2v) is 5.61. The van der Waals surface area contributed by atoms with Crippen LogP contribution in [0.2, 0.25) is 0 Å². The molecule has 2 nitrogen and oxygen atoms in total. The molecule has 0 bridgehead atoms. The van der Waals surface area contributed by atoms with Crippen LogP contribution in [0, 0.1) is 6.92 Å². The number of rotatable bonds is 3. The van der Waals surface area contributed by atoms with Crippen LogP contribution in [0.1, 0.15) is 11.1 Å². The van der Waals surface area contributed by atoms with Gasteiger partial charge in [-0.2, -0.15) is 0 Å². The maximum atomic E-state index is 8.96. The molecule has 1 rings (SSSR count). The Morgan fingerprint density at radius 3 is 2.42 bits per heavy atom.